The summed E-state index contributed by atoms with van der Waals surface area (Å²) in [5.41, 5.74) is 0.722. The second-order valence-electron chi connectivity index (χ2n) is 4.75. The third-order valence-electron chi connectivity index (χ3n) is 3.02. The number of methoxy groups -OCH3 is 1. The number of ether oxygens (including phenoxy) is 1. The van der Waals surface area contributed by atoms with Crippen molar-refractivity contribution < 1.29 is 9.53 Å². The first-order valence-corrected chi connectivity index (χ1v) is 6.48. The van der Waals surface area contributed by atoms with E-state index < -0.39 is 0 Å². The Balaban J connectivity index is 2.20. The van der Waals surface area contributed by atoms with Crippen LogP contribution >= 0.6 is 0 Å². The number of carbonyl (C=O) groups excluding carboxylic acids is 1. The lowest BCUT2D eigenvalue weighted by Gasteiger charge is -2.15. The van der Waals surface area contributed by atoms with Crippen LogP contribution < -0.4 is 10.7 Å². The van der Waals surface area contributed by atoms with E-state index in [2.05, 4.69) is 5.32 Å². The lowest BCUT2D eigenvalue weighted by molar-refractivity contribution is -0.122. The Morgan fingerprint density at radius 1 is 1.35 bits per heavy atom. The van der Waals surface area contributed by atoms with E-state index >= 15 is 0 Å². The molecular formula is C15H18N2O3. The number of rotatable bonds is 5. The Bertz CT molecular complexity index is 663. The molecule has 1 amide bonds. The van der Waals surface area contributed by atoms with Crippen molar-refractivity contribution in [2.45, 2.75) is 19.5 Å². The Labute approximate surface area is 117 Å². The van der Waals surface area contributed by atoms with Gasteiger partial charge in [-0.15, -0.1) is 0 Å². The molecular weight excluding hydrogens is 256 g/mol. The molecule has 20 heavy (non-hydrogen) atoms. The first kappa shape index (κ1) is 14.3. The molecule has 0 spiro atoms. The molecule has 0 fully saturated rings. The molecule has 2 aromatic rings. The predicted molar refractivity (Wildman–Crippen MR) is 77.7 cm³/mol. The molecule has 1 aromatic carbocycles. The second-order valence-corrected chi connectivity index (χ2v) is 4.75. The van der Waals surface area contributed by atoms with E-state index in [1.54, 1.807) is 23.9 Å². The zero-order valence-electron chi connectivity index (χ0n) is 11.6. The van der Waals surface area contributed by atoms with Crippen molar-refractivity contribution in [2.24, 2.45) is 0 Å². The maximum Gasteiger partial charge on any atom is 0.240 e. The molecule has 1 atom stereocenters. The molecule has 1 heterocycles. The summed E-state index contributed by atoms with van der Waals surface area (Å²) in [6.45, 7) is 2.52. The van der Waals surface area contributed by atoms with E-state index in [1.165, 1.54) is 6.07 Å². The summed E-state index contributed by atoms with van der Waals surface area (Å²) >= 11 is 0. The maximum absolute atomic E-state index is 12.0. The number of para-hydroxylation sites is 1. The van der Waals surface area contributed by atoms with Crippen LogP contribution in [-0.4, -0.2) is 30.2 Å². The fourth-order valence-corrected chi connectivity index (χ4v) is 2.16. The molecule has 0 aliphatic carbocycles. The lowest BCUT2D eigenvalue weighted by Crippen LogP contribution is -2.37. The van der Waals surface area contributed by atoms with Gasteiger partial charge in [-0.2, -0.15) is 0 Å². The van der Waals surface area contributed by atoms with Crippen molar-refractivity contribution in [3.05, 3.63) is 46.8 Å². The predicted octanol–water partition coefficient (Wildman–Crippen LogP) is 1.15. The average molecular weight is 274 g/mol. The van der Waals surface area contributed by atoms with Crippen LogP contribution in [0.25, 0.3) is 10.9 Å². The SMILES string of the molecule is COC[C@H](C)NC(=O)Cn1ccc(=O)c2ccccc21. The largest absolute Gasteiger partial charge is 0.383 e. The minimum Gasteiger partial charge on any atom is -0.383 e. The van der Waals surface area contributed by atoms with E-state index in [1.807, 2.05) is 25.1 Å². The molecule has 0 saturated carbocycles. The second kappa shape index (κ2) is 6.34. The molecule has 0 radical (unpaired) electrons. The van der Waals surface area contributed by atoms with E-state index in [-0.39, 0.29) is 23.9 Å². The van der Waals surface area contributed by atoms with Gasteiger partial charge in [-0.1, -0.05) is 12.1 Å². The third kappa shape index (κ3) is 3.24. The lowest BCUT2D eigenvalue weighted by atomic mass is 10.2. The molecule has 0 bridgehead atoms. The fraction of sp³-hybridized carbons (Fsp3) is 0.333. The van der Waals surface area contributed by atoms with Gasteiger partial charge in [0.15, 0.2) is 5.43 Å². The maximum atomic E-state index is 12.0. The Hall–Kier alpha value is -2.14. The highest BCUT2D eigenvalue weighted by atomic mass is 16.5. The molecule has 5 nitrogen and oxygen atoms in total. The van der Waals surface area contributed by atoms with Gasteiger partial charge >= 0.3 is 0 Å². The van der Waals surface area contributed by atoms with Crippen LogP contribution in [-0.2, 0) is 16.1 Å². The molecule has 0 aliphatic rings. The van der Waals surface area contributed by atoms with Gasteiger partial charge in [0.05, 0.1) is 12.1 Å². The number of amides is 1. The van der Waals surface area contributed by atoms with Crippen LogP contribution in [0.3, 0.4) is 0 Å². The zero-order valence-corrected chi connectivity index (χ0v) is 11.6. The quantitative estimate of drug-likeness (QED) is 0.890. The Morgan fingerprint density at radius 2 is 2.10 bits per heavy atom. The van der Waals surface area contributed by atoms with Crippen LogP contribution in [0.5, 0.6) is 0 Å². The molecule has 2 rings (SSSR count). The van der Waals surface area contributed by atoms with Crippen molar-refractivity contribution in [3.63, 3.8) is 0 Å². The number of hydrogen-bond acceptors (Lipinski definition) is 3. The monoisotopic (exact) mass is 274 g/mol. The van der Waals surface area contributed by atoms with Gasteiger partial charge in [0.2, 0.25) is 5.91 Å². The number of nitrogens with one attached hydrogen (secondary N) is 1. The number of hydrogen-bond donors (Lipinski definition) is 1. The molecule has 0 aliphatic heterocycles. The molecule has 1 N–H and O–H groups in total. The van der Waals surface area contributed by atoms with Gasteiger partial charge < -0.3 is 14.6 Å². The summed E-state index contributed by atoms with van der Waals surface area (Å²) in [6.07, 6.45) is 1.64. The summed E-state index contributed by atoms with van der Waals surface area (Å²) in [7, 11) is 1.60. The van der Waals surface area contributed by atoms with Crippen LogP contribution in [0, 0.1) is 0 Å². The number of aromatic nitrogens is 1. The summed E-state index contributed by atoms with van der Waals surface area (Å²) in [5.74, 6) is -0.108. The zero-order chi connectivity index (χ0) is 14.5. The van der Waals surface area contributed by atoms with E-state index in [0.29, 0.717) is 12.0 Å². The summed E-state index contributed by atoms with van der Waals surface area (Å²) in [4.78, 5) is 23.7. The van der Waals surface area contributed by atoms with Gasteiger partial charge in [-0.25, -0.2) is 0 Å². The number of fused-ring (bicyclic) bond motifs is 1. The number of benzene rings is 1. The molecule has 106 valence electrons. The Kier molecular flexibility index (Phi) is 4.53. The van der Waals surface area contributed by atoms with E-state index in [0.717, 1.165) is 5.52 Å². The normalized spacial score (nSPS) is 12.3. The van der Waals surface area contributed by atoms with Gasteiger partial charge in [-0.05, 0) is 19.1 Å². The highest BCUT2D eigenvalue weighted by molar-refractivity contribution is 5.82. The molecule has 5 heteroatoms. The summed E-state index contributed by atoms with van der Waals surface area (Å²) in [5, 5.41) is 3.46. The van der Waals surface area contributed by atoms with E-state index in [4.69, 9.17) is 4.74 Å². The molecule has 0 unspecified atom stereocenters. The average Bonchev–Trinajstić information content (AvgIpc) is 2.42. The first-order valence-electron chi connectivity index (χ1n) is 6.48. The van der Waals surface area contributed by atoms with Crippen molar-refractivity contribution in [3.8, 4) is 0 Å². The summed E-state index contributed by atoms with van der Waals surface area (Å²) < 4.78 is 6.75. The summed E-state index contributed by atoms with van der Waals surface area (Å²) in [6, 6.07) is 8.70. The van der Waals surface area contributed by atoms with Crippen LogP contribution in [0.2, 0.25) is 0 Å². The van der Waals surface area contributed by atoms with Gasteiger partial charge in [-0.3, -0.25) is 9.59 Å². The van der Waals surface area contributed by atoms with Crippen molar-refractivity contribution >= 4 is 16.8 Å². The highest BCUT2D eigenvalue weighted by Gasteiger charge is 2.09. The topological polar surface area (TPSA) is 60.3 Å². The van der Waals surface area contributed by atoms with Crippen LogP contribution in [0.15, 0.2) is 41.3 Å². The fourth-order valence-electron chi connectivity index (χ4n) is 2.16. The molecule has 1 aromatic heterocycles. The minimum absolute atomic E-state index is 0.0370. The van der Waals surface area contributed by atoms with Crippen LogP contribution in [0.1, 0.15) is 6.92 Å². The minimum atomic E-state index is -0.108. The van der Waals surface area contributed by atoms with Crippen molar-refractivity contribution in [2.75, 3.05) is 13.7 Å². The van der Waals surface area contributed by atoms with Crippen LogP contribution in [0.4, 0.5) is 0 Å². The molecule has 0 saturated heterocycles. The van der Waals surface area contributed by atoms with Gasteiger partial charge in [0.25, 0.3) is 0 Å². The highest BCUT2D eigenvalue weighted by Crippen LogP contribution is 2.09. The smallest absolute Gasteiger partial charge is 0.240 e. The van der Waals surface area contributed by atoms with Gasteiger partial charge in [0.1, 0.15) is 6.54 Å². The third-order valence-corrected chi connectivity index (χ3v) is 3.02. The van der Waals surface area contributed by atoms with Crippen molar-refractivity contribution in [1.82, 2.24) is 9.88 Å². The first-order chi connectivity index (χ1) is 9.61. The Morgan fingerprint density at radius 3 is 2.85 bits per heavy atom. The standard InChI is InChI=1S/C15H18N2O3/c1-11(10-20-2)16-15(19)9-17-8-7-14(18)12-5-3-4-6-13(12)17/h3-8,11H,9-10H2,1-2H3,(H,16,19)/t11-/m0/s1. The number of nitrogens with zero attached hydrogens (tertiary/aromatic N) is 1. The van der Waals surface area contributed by atoms with Gasteiger partial charge in [0, 0.05) is 30.8 Å². The van der Waals surface area contributed by atoms with E-state index in [9.17, 15) is 9.59 Å². The number of pyridine rings is 1. The number of carbonyl (C=O) groups is 1. The van der Waals surface area contributed by atoms with Crippen molar-refractivity contribution in [1.29, 1.82) is 0 Å².